The first kappa shape index (κ1) is 7.74. The zero-order chi connectivity index (χ0) is 8.43. The lowest BCUT2D eigenvalue weighted by molar-refractivity contribution is 0.0917. The number of hydrogen-bond acceptors (Lipinski definition) is 3. The SMILES string of the molecule is CC(=O)n1[nH]c(CN)cc1=O. The van der Waals surface area contributed by atoms with Gasteiger partial charge >= 0.3 is 0 Å². The molecule has 0 fully saturated rings. The lowest BCUT2D eigenvalue weighted by Gasteiger charge is -1.91. The summed E-state index contributed by atoms with van der Waals surface area (Å²) in [5, 5.41) is 2.56. The lowest BCUT2D eigenvalue weighted by Crippen LogP contribution is -2.21. The first-order valence-electron chi connectivity index (χ1n) is 3.17. The normalized spacial score (nSPS) is 10.0. The number of aromatic nitrogens is 2. The fourth-order valence-corrected chi connectivity index (χ4v) is 0.783. The Kier molecular flexibility index (Phi) is 1.91. The van der Waals surface area contributed by atoms with Crippen LogP contribution in [0.4, 0.5) is 0 Å². The van der Waals surface area contributed by atoms with Crippen LogP contribution in [0.1, 0.15) is 17.4 Å². The predicted molar refractivity (Wildman–Crippen MR) is 39.2 cm³/mol. The van der Waals surface area contributed by atoms with Crippen molar-refractivity contribution in [3.8, 4) is 0 Å². The van der Waals surface area contributed by atoms with Crippen molar-refractivity contribution in [3.05, 3.63) is 22.1 Å². The molecule has 3 N–H and O–H groups in total. The minimum absolute atomic E-state index is 0.232. The second-order valence-corrected chi connectivity index (χ2v) is 2.18. The Bertz CT molecular complexity index is 323. The minimum atomic E-state index is -0.363. The quantitative estimate of drug-likeness (QED) is 0.562. The standard InChI is InChI=1S/C6H9N3O2/c1-4(10)9-6(11)2-5(3-7)8-9/h2,8H,3,7H2,1H3. The Morgan fingerprint density at radius 3 is 2.73 bits per heavy atom. The van der Waals surface area contributed by atoms with E-state index in [4.69, 9.17) is 5.73 Å². The molecule has 5 heteroatoms. The van der Waals surface area contributed by atoms with Gasteiger partial charge in [-0.05, 0) is 0 Å². The monoisotopic (exact) mass is 155 g/mol. The molecule has 0 spiro atoms. The van der Waals surface area contributed by atoms with E-state index < -0.39 is 0 Å². The van der Waals surface area contributed by atoms with Crippen molar-refractivity contribution in [2.45, 2.75) is 13.5 Å². The van der Waals surface area contributed by atoms with Gasteiger partial charge < -0.3 is 5.73 Å². The van der Waals surface area contributed by atoms with Gasteiger partial charge in [0.15, 0.2) is 0 Å². The van der Waals surface area contributed by atoms with Crippen molar-refractivity contribution in [3.63, 3.8) is 0 Å². The average molecular weight is 155 g/mol. The Labute approximate surface area is 62.8 Å². The van der Waals surface area contributed by atoms with Crippen molar-refractivity contribution < 1.29 is 4.79 Å². The summed E-state index contributed by atoms with van der Waals surface area (Å²) in [4.78, 5) is 21.6. The van der Waals surface area contributed by atoms with Crippen molar-refractivity contribution in [1.29, 1.82) is 0 Å². The molecule has 0 atom stereocenters. The molecule has 0 saturated heterocycles. The highest BCUT2D eigenvalue weighted by atomic mass is 16.2. The van der Waals surface area contributed by atoms with Crippen LogP contribution in [0.5, 0.6) is 0 Å². The predicted octanol–water partition coefficient (Wildman–Crippen LogP) is -0.705. The first-order valence-corrected chi connectivity index (χ1v) is 3.17. The van der Waals surface area contributed by atoms with Crippen LogP contribution in [0.3, 0.4) is 0 Å². The molecule has 0 amide bonds. The summed E-state index contributed by atoms with van der Waals surface area (Å²) in [6.07, 6.45) is 0. The second-order valence-electron chi connectivity index (χ2n) is 2.18. The van der Waals surface area contributed by atoms with Crippen LogP contribution in [-0.4, -0.2) is 15.7 Å². The number of aromatic amines is 1. The maximum Gasteiger partial charge on any atom is 0.273 e. The molecule has 1 rings (SSSR count). The zero-order valence-corrected chi connectivity index (χ0v) is 6.13. The van der Waals surface area contributed by atoms with Gasteiger partial charge in [-0.3, -0.25) is 14.7 Å². The molecule has 1 aromatic rings. The van der Waals surface area contributed by atoms with Crippen molar-refractivity contribution in [1.82, 2.24) is 9.78 Å². The van der Waals surface area contributed by atoms with E-state index in [9.17, 15) is 9.59 Å². The minimum Gasteiger partial charge on any atom is -0.325 e. The maximum atomic E-state index is 10.9. The van der Waals surface area contributed by atoms with E-state index in [0.717, 1.165) is 4.68 Å². The van der Waals surface area contributed by atoms with Gasteiger partial charge in [0, 0.05) is 19.5 Å². The van der Waals surface area contributed by atoms with Crippen LogP contribution in [0.2, 0.25) is 0 Å². The topological polar surface area (TPSA) is 80.9 Å². The van der Waals surface area contributed by atoms with E-state index in [1.54, 1.807) is 0 Å². The van der Waals surface area contributed by atoms with E-state index in [1.807, 2.05) is 0 Å². The van der Waals surface area contributed by atoms with Crippen LogP contribution in [-0.2, 0) is 6.54 Å². The van der Waals surface area contributed by atoms with E-state index in [2.05, 4.69) is 5.10 Å². The number of nitrogens with zero attached hydrogens (tertiary/aromatic N) is 1. The Morgan fingerprint density at radius 1 is 1.82 bits per heavy atom. The smallest absolute Gasteiger partial charge is 0.273 e. The molecule has 5 nitrogen and oxygen atoms in total. The van der Waals surface area contributed by atoms with Crippen LogP contribution in [0.15, 0.2) is 10.9 Å². The van der Waals surface area contributed by atoms with E-state index in [-0.39, 0.29) is 18.0 Å². The van der Waals surface area contributed by atoms with Crippen molar-refractivity contribution in [2.24, 2.45) is 5.73 Å². The van der Waals surface area contributed by atoms with E-state index in [1.165, 1.54) is 13.0 Å². The number of carbonyl (C=O) groups is 1. The molecule has 0 aliphatic rings. The number of H-pyrrole nitrogens is 1. The summed E-state index contributed by atoms with van der Waals surface area (Å²) in [5.41, 5.74) is 5.43. The zero-order valence-electron chi connectivity index (χ0n) is 6.13. The lowest BCUT2D eigenvalue weighted by atomic mass is 10.4. The van der Waals surface area contributed by atoms with Gasteiger partial charge in [0.2, 0.25) is 5.91 Å². The summed E-state index contributed by atoms with van der Waals surface area (Å²) in [6, 6.07) is 1.31. The fourth-order valence-electron chi connectivity index (χ4n) is 0.783. The van der Waals surface area contributed by atoms with Gasteiger partial charge in [-0.25, -0.2) is 0 Å². The van der Waals surface area contributed by atoms with Crippen LogP contribution in [0.25, 0.3) is 0 Å². The molecule has 0 bridgehead atoms. The molecule has 0 saturated carbocycles. The second kappa shape index (κ2) is 2.71. The molecule has 0 aromatic carbocycles. The highest BCUT2D eigenvalue weighted by molar-refractivity contribution is 5.74. The molecular formula is C6H9N3O2. The fraction of sp³-hybridized carbons (Fsp3) is 0.333. The molecule has 0 aliphatic heterocycles. The number of rotatable bonds is 1. The summed E-state index contributed by atoms with van der Waals surface area (Å²) in [7, 11) is 0. The summed E-state index contributed by atoms with van der Waals surface area (Å²) < 4.78 is 0.919. The maximum absolute atomic E-state index is 10.9. The first-order chi connectivity index (χ1) is 5.15. The largest absolute Gasteiger partial charge is 0.325 e. The number of nitrogens with one attached hydrogen (secondary N) is 1. The van der Waals surface area contributed by atoms with Crippen molar-refractivity contribution in [2.75, 3.05) is 0 Å². The molecule has 60 valence electrons. The van der Waals surface area contributed by atoms with Crippen LogP contribution >= 0.6 is 0 Å². The Morgan fingerprint density at radius 2 is 2.45 bits per heavy atom. The molecule has 1 aromatic heterocycles. The Hall–Kier alpha value is -1.36. The number of nitrogens with two attached hydrogens (primary N) is 1. The summed E-state index contributed by atoms with van der Waals surface area (Å²) >= 11 is 0. The highest BCUT2D eigenvalue weighted by Gasteiger charge is 2.03. The molecule has 11 heavy (non-hydrogen) atoms. The van der Waals surface area contributed by atoms with Crippen molar-refractivity contribution >= 4 is 5.91 Å². The third-order valence-corrected chi connectivity index (χ3v) is 1.31. The number of carbonyl (C=O) groups excluding carboxylic acids is 1. The van der Waals surface area contributed by atoms with Gasteiger partial charge in [-0.15, -0.1) is 0 Å². The highest BCUT2D eigenvalue weighted by Crippen LogP contribution is 1.86. The third-order valence-electron chi connectivity index (χ3n) is 1.31. The van der Waals surface area contributed by atoms with E-state index in [0.29, 0.717) is 5.69 Å². The van der Waals surface area contributed by atoms with Gasteiger partial charge in [-0.1, -0.05) is 0 Å². The van der Waals surface area contributed by atoms with Gasteiger partial charge in [0.25, 0.3) is 5.56 Å². The molecule has 0 aliphatic carbocycles. The number of hydrogen-bond donors (Lipinski definition) is 2. The van der Waals surface area contributed by atoms with Gasteiger partial charge in [-0.2, -0.15) is 4.68 Å². The third kappa shape index (κ3) is 1.38. The van der Waals surface area contributed by atoms with Gasteiger partial charge in [0.1, 0.15) is 0 Å². The van der Waals surface area contributed by atoms with Gasteiger partial charge in [0.05, 0.1) is 5.69 Å². The summed E-state index contributed by atoms with van der Waals surface area (Å²) in [5.74, 6) is -0.338. The average Bonchev–Trinajstić information content (AvgIpc) is 2.30. The molecule has 0 radical (unpaired) electrons. The molecule has 1 heterocycles. The molecule has 0 unspecified atom stereocenters. The van der Waals surface area contributed by atoms with Crippen LogP contribution in [0, 0.1) is 0 Å². The van der Waals surface area contributed by atoms with Crippen LogP contribution < -0.4 is 11.3 Å². The van der Waals surface area contributed by atoms with E-state index >= 15 is 0 Å². The molecular weight excluding hydrogens is 146 g/mol. The Balaban J connectivity index is 3.18. The summed E-state index contributed by atoms with van der Waals surface area (Å²) in [6.45, 7) is 1.54.